The molecule has 1 fully saturated rings. The number of amides is 1. The molecule has 0 aliphatic carbocycles. The number of nitrogens with one attached hydrogen (secondary N) is 1. The lowest BCUT2D eigenvalue weighted by Crippen LogP contribution is -2.45. The van der Waals surface area contributed by atoms with Gasteiger partial charge < -0.3 is 15.0 Å². The van der Waals surface area contributed by atoms with E-state index in [-0.39, 0.29) is 11.9 Å². The zero-order valence-electron chi connectivity index (χ0n) is 16.6. The number of pyridine rings is 1. The van der Waals surface area contributed by atoms with Crippen molar-refractivity contribution >= 4 is 40.1 Å². The number of hydrogen-bond donors (Lipinski definition) is 1. The van der Waals surface area contributed by atoms with Gasteiger partial charge in [-0.15, -0.1) is 0 Å². The summed E-state index contributed by atoms with van der Waals surface area (Å²) in [5.41, 5.74) is 0.476. The van der Waals surface area contributed by atoms with Crippen molar-refractivity contribution in [1.29, 1.82) is 0 Å². The van der Waals surface area contributed by atoms with Crippen LogP contribution in [-0.2, 0) is 4.79 Å². The monoisotopic (exact) mass is 423 g/mol. The highest BCUT2D eigenvalue weighted by Crippen LogP contribution is 2.28. The molecule has 7 heteroatoms. The van der Waals surface area contributed by atoms with Gasteiger partial charge in [-0.05, 0) is 60.7 Å². The molecule has 0 bridgehead atoms. The number of halogens is 1. The average Bonchev–Trinajstić information content (AvgIpc) is 2.73. The second-order valence-electron chi connectivity index (χ2n) is 7.36. The van der Waals surface area contributed by atoms with Crippen LogP contribution in [0.25, 0.3) is 10.8 Å². The Balaban J connectivity index is 1.40. The number of rotatable bonds is 4. The molecule has 0 spiro atoms. The molecule has 1 aromatic heterocycles. The summed E-state index contributed by atoms with van der Waals surface area (Å²) in [5.74, 6) is 0.736. The summed E-state index contributed by atoms with van der Waals surface area (Å²) >= 11 is 6.11. The fourth-order valence-electron chi connectivity index (χ4n) is 3.76. The van der Waals surface area contributed by atoms with Crippen molar-refractivity contribution in [3.05, 3.63) is 65.3 Å². The van der Waals surface area contributed by atoms with E-state index in [2.05, 4.69) is 15.2 Å². The summed E-state index contributed by atoms with van der Waals surface area (Å²) in [6.45, 7) is 2.93. The Hall–Kier alpha value is -3.12. The number of anilines is 1. The van der Waals surface area contributed by atoms with E-state index in [0.29, 0.717) is 16.3 Å². The molecule has 0 unspecified atom stereocenters. The molecule has 1 amide bonds. The number of carbonyl (C=O) groups is 2. The Morgan fingerprint density at radius 1 is 1.13 bits per heavy atom. The summed E-state index contributed by atoms with van der Waals surface area (Å²) in [6, 6.07) is 14.5. The lowest BCUT2D eigenvalue weighted by atomic mass is 10.0. The second kappa shape index (κ2) is 8.71. The Kier molecular flexibility index (Phi) is 5.86. The van der Waals surface area contributed by atoms with Crippen molar-refractivity contribution in [2.45, 2.75) is 25.8 Å². The molecule has 3 aromatic rings. The minimum Gasteiger partial charge on any atom is -0.427 e. The first-order valence-corrected chi connectivity index (χ1v) is 10.3. The fraction of sp³-hybridized carbons (Fsp3) is 0.261. The van der Waals surface area contributed by atoms with Crippen LogP contribution in [0.3, 0.4) is 0 Å². The molecule has 4 rings (SSSR count). The van der Waals surface area contributed by atoms with Crippen molar-refractivity contribution in [2.24, 2.45) is 0 Å². The van der Waals surface area contributed by atoms with Crippen LogP contribution in [-0.4, -0.2) is 36.0 Å². The van der Waals surface area contributed by atoms with E-state index in [1.807, 2.05) is 24.3 Å². The number of aromatic nitrogens is 1. The smallest absolute Gasteiger partial charge is 0.308 e. The number of fused-ring (bicyclic) bond motifs is 1. The lowest BCUT2D eigenvalue weighted by Gasteiger charge is -2.33. The van der Waals surface area contributed by atoms with Crippen LogP contribution in [0.2, 0.25) is 5.02 Å². The topological polar surface area (TPSA) is 71.5 Å². The number of hydrogen-bond acceptors (Lipinski definition) is 5. The maximum absolute atomic E-state index is 12.6. The molecule has 6 nitrogen and oxygen atoms in total. The minimum atomic E-state index is -0.413. The van der Waals surface area contributed by atoms with Crippen LogP contribution in [0, 0.1) is 0 Å². The molecule has 1 saturated heterocycles. The second-order valence-corrected chi connectivity index (χ2v) is 7.79. The zero-order chi connectivity index (χ0) is 21.1. The van der Waals surface area contributed by atoms with E-state index in [1.54, 1.807) is 30.5 Å². The van der Waals surface area contributed by atoms with Gasteiger partial charge in [0.15, 0.2) is 0 Å². The van der Waals surface area contributed by atoms with Crippen molar-refractivity contribution in [3.8, 4) is 5.75 Å². The highest BCUT2D eigenvalue weighted by Gasteiger charge is 2.23. The third-order valence-electron chi connectivity index (χ3n) is 5.19. The Bertz CT molecular complexity index is 1090. The summed E-state index contributed by atoms with van der Waals surface area (Å²) in [5, 5.41) is 5.94. The Labute approximate surface area is 179 Å². The molecule has 154 valence electrons. The number of esters is 1. The summed E-state index contributed by atoms with van der Waals surface area (Å²) < 4.78 is 5.06. The third kappa shape index (κ3) is 4.54. The van der Waals surface area contributed by atoms with Crippen LogP contribution >= 0.6 is 11.6 Å². The van der Waals surface area contributed by atoms with Crippen molar-refractivity contribution in [3.63, 3.8) is 0 Å². The molecule has 0 radical (unpaired) electrons. The van der Waals surface area contributed by atoms with Crippen molar-refractivity contribution in [1.82, 2.24) is 10.3 Å². The standard InChI is InChI=1S/C23H22ClN3O3/c1-15(28)30-20-4-2-3-17(14-20)23(29)26-19-8-11-27(12-9-19)22-21-6-5-18(24)13-16(21)7-10-25-22/h2-7,10,13-14,19H,8-9,11-12H2,1H3,(H,26,29). The van der Waals surface area contributed by atoms with Crippen LogP contribution in [0.5, 0.6) is 5.75 Å². The predicted octanol–water partition coefficient (Wildman–Crippen LogP) is 4.21. The normalized spacial score (nSPS) is 14.5. The van der Waals surface area contributed by atoms with E-state index in [0.717, 1.165) is 42.5 Å². The lowest BCUT2D eigenvalue weighted by molar-refractivity contribution is -0.131. The molecule has 1 N–H and O–H groups in total. The quantitative estimate of drug-likeness (QED) is 0.502. The van der Waals surface area contributed by atoms with Gasteiger partial charge in [-0.3, -0.25) is 9.59 Å². The van der Waals surface area contributed by atoms with E-state index in [9.17, 15) is 9.59 Å². The highest BCUT2D eigenvalue weighted by molar-refractivity contribution is 6.31. The first-order valence-electron chi connectivity index (χ1n) is 9.88. The number of piperidine rings is 1. The van der Waals surface area contributed by atoms with Gasteiger partial charge in [-0.1, -0.05) is 17.7 Å². The van der Waals surface area contributed by atoms with Crippen LogP contribution in [0.15, 0.2) is 54.7 Å². The molecule has 1 aliphatic rings. The van der Waals surface area contributed by atoms with Gasteiger partial charge in [-0.2, -0.15) is 0 Å². The third-order valence-corrected chi connectivity index (χ3v) is 5.43. The van der Waals surface area contributed by atoms with Gasteiger partial charge >= 0.3 is 5.97 Å². The first-order chi connectivity index (χ1) is 14.5. The minimum absolute atomic E-state index is 0.0792. The van der Waals surface area contributed by atoms with Crippen LogP contribution in [0.1, 0.15) is 30.1 Å². The van der Waals surface area contributed by atoms with E-state index in [4.69, 9.17) is 16.3 Å². The van der Waals surface area contributed by atoms with E-state index >= 15 is 0 Å². The molecule has 0 saturated carbocycles. The Morgan fingerprint density at radius 2 is 1.93 bits per heavy atom. The molecular formula is C23H22ClN3O3. The van der Waals surface area contributed by atoms with Gasteiger partial charge in [-0.25, -0.2) is 4.98 Å². The SMILES string of the molecule is CC(=O)Oc1cccc(C(=O)NC2CCN(c3nccc4cc(Cl)ccc34)CC2)c1. The van der Waals surface area contributed by atoms with Crippen molar-refractivity contribution in [2.75, 3.05) is 18.0 Å². The van der Waals surface area contributed by atoms with Gasteiger partial charge in [0.1, 0.15) is 11.6 Å². The number of nitrogens with zero attached hydrogens (tertiary/aromatic N) is 2. The van der Waals surface area contributed by atoms with Gasteiger partial charge in [0.25, 0.3) is 5.91 Å². The highest BCUT2D eigenvalue weighted by atomic mass is 35.5. The number of carbonyl (C=O) groups excluding carboxylic acids is 2. The molecule has 30 heavy (non-hydrogen) atoms. The summed E-state index contributed by atoms with van der Waals surface area (Å²) in [7, 11) is 0. The number of ether oxygens (including phenoxy) is 1. The molecule has 0 atom stereocenters. The van der Waals surface area contributed by atoms with Gasteiger partial charge in [0.05, 0.1) is 0 Å². The molecule has 2 heterocycles. The van der Waals surface area contributed by atoms with Gasteiger partial charge in [0, 0.05) is 48.2 Å². The molecular weight excluding hydrogens is 402 g/mol. The van der Waals surface area contributed by atoms with Gasteiger partial charge in [0.2, 0.25) is 0 Å². The van der Waals surface area contributed by atoms with E-state index in [1.165, 1.54) is 6.92 Å². The average molecular weight is 424 g/mol. The zero-order valence-corrected chi connectivity index (χ0v) is 17.4. The first kappa shape index (κ1) is 20.2. The summed E-state index contributed by atoms with van der Waals surface area (Å²) in [6.07, 6.45) is 3.44. The predicted molar refractivity (Wildman–Crippen MR) is 117 cm³/mol. The largest absolute Gasteiger partial charge is 0.427 e. The van der Waals surface area contributed by atoms with E-state index < -0.39 is 5.97 Å². The molecule has 1 aliphatic heterocycles. The van der Waals surface area contributed by atoms with Crippen LogP contribution < -0.4 is 15.0 Å². The molecule has 2 aromatic carbocycles. The summed E-state index contributed by atoms with van der Waals surface area (Å²) in [4.78, 5) is 30.6. The van der Waals surface area contributed by atoms with Crippen molar-refractivity contribution < 1.29 is 14.3 Å². The van der Waals surface area contributed by atoms with Crippen LogP contribution in [0.4, 0.5) is 5.82 Å². The Morgan fingerprint density at radius 3 is 2.70 bits per heavy atom. The number of benzene rings is 2. The maximum Gasteiger partial charge on any atom is 0.308 e. The maximum atomic E-state index is 12.6. The fourth-order valence-corrected chi connectivity index (χ4v) is 3.94.